The van der Waals surface area contributed by atoms with Gasteiger partial charge >= 0.3 is 12.0 Å². The lowest BCUT2D eigenvalue weighted by Crippen LogP contribution is -2.55. The quantitative estimate of drug-likeness (QED) is 0.655. The smallest absolute Gasteiger partial charge is 0.329 e. The van der Waals surface area contributed by atoms with E-state index in [1.54, 1.807) is 0 Å². The van der Waals surface area contributed by atoms with Crippen LogP contribution in [0.3, 0.4) is 0 Å². The summed E-state index contributed by atoms with van der Waals surface area (Å²) in [5, 5.41) is 14.3. The molecule has 1 fully saturated rings. The molecule has 0 heterocycles. The minimum Gasteiger partial charge on any atom is -0.480 e. The highest BCUT2D eigenvalue weighted by Crippen LogP contribution is 2.29. The summed E-state index contributed by atoms with van der Waals surface area (Å²) in [6.45, 7) is 2.52. The Morgan fingerprint density at radius 2 is 1.93 bits per heavy atom. The molecule has 0 aromatic rings. The largest absolute Gasteiger partial charge is 0.480 e. The monoisotopic (exact) mass is 214 g/mol. The van der Waals surface area contributed by atoms with E-state index in [1.165, 1.54) is 0 Å². The molecule has 0 saturated heterocycles. The summed E-state index contributed by atoms with van der Waals surface area (Å²) >= 11 is 0. The maximum atomic E-state index is 11.4. The molecule has 1 aliphatic rings. The normalized spacial score (nSPS) is 18.5. The number of amides is 2. The van der Waals surface area contributed by atoms with E-state index in [0.717, 1.165) is 19.3 Å². The summed E-state index contributed by atoms with van der Waals surface area (Å²) in [6, 6.07) is -0.374. The maximum absolute atomic E-state index is 11.4. The van der Waals surface area contributed by atoms with Gasteiger partial charge in [0, 0.05) is 6.54 Å². The van der Waals surface area contributed by atoms with Crippen LogP contribution in [0.15, 0.2) is 0 Å². The van der Waals surface area contributed by atoms with Crippen LogP contribution in [0.1, 0.15) is 39.0 Å². The fourth-order valence-corrected chi connectivity index (χ4v) is 1.87. The summed E-state index contributed by atoms with van der Waals surface area (Å²) in [4.78, 5) is 22.5. The molecule has 0 aromatic heterocycles. The second-order valence-corrected chi connectivity index (χ2v) is 3.98. The molecule has 0 radical (unpaired) electrons. The van der Waals surface area contributed by atoms with Crippen LogP contribution in [0.4, 0.5) is 4.79 Å². The fraction of sp³-hybridized carbons (Fsp3) is 0.800. The van der Waals surface area contributed by atoms with Crippen molar-refractivity contribution >= 4 is 12.0 Å². The van der Waals surface area contributed by atoms with Gasteiger partial charge in [0.25, 0.3) is 0 Å². The van der Waals surface area contributed by atoms with Crippen molar-refractivity contribution in [3.63, 3.8) is 0 Å². The van der Waals surface area contributed by atoms with E-state index in [0.29, 0.717) is 19.4 Å². The van der Waals surface area contributed by atoms with E-state index in [4.69, 9.17) is 5.11 Å². The number of nitrogens with one attached hydrogen (secondary N) is 2. The fourth-order valence-electron chi connectivity index (χ4n) is 1.87. The van der Waals surface area contributed by atoms with Crippen LogP contribution in [0, 0.1) is 0 Å². The van der Waals surface area contributed by atoms with Gasteiger partial charge in [-0.1, -0.05) is 19.8 Å². The number of hydrogen-bond donors (Lipinski definition) is 3. The Balaban J connectivity index is 2.52. The number of carbonyl (C=O) groups is 2. The molecule has 5 nitrogen and oxygen atoms in total. The van der Waals surface area contributed by atoms with Gasteiger partial charge in [0.2, 0.25) is 0 Å². The van der Waals surface area contributed by atoms with E-state index < -0.39 is 11.5 Å². The van der Waals surface area contributed by atoms with Crippen LogP contribution < -0.4 is 10.6 Å². The Morgan fingerprint density at radius 3 is 2.40 bits per heavy atom. The highest BCUT2D eigenvalue weighted by Gasteiger charge is 2.42. The van der Waals surface area contributed by atoms with Gasteiger partial charge in [-0.2, -0.15) is 0 Å². The number of hydrogen-bond acceptors (Lipinski definition) is 2. The Morgan fingerprint density at radius 1 is 1.33 bits per heavy atom. The Hall–Kier alpha value is -1.26. The summed E-state index contributed by atoms with van der Waals surface area (Å²) in [6.07, 6.45) is 3.62. The molecule has 5 heteroatoms. The van der Waals surface area contributed by atoms with Gasteiger partial charge in [-0.05, 0) is 19.3 Å². The van der Waals surface area contributed by atoms with E-state index in [1.807, 2.05) is 6.92 Å². The SMILES string of the molecule is CCCNC(=O)NC1(C(=O)O)CCCC1. The summed E-state index contributed by atoms with van der Waals surface area (Å²) in [5.41, 5.74) is -1.03. The molecule has 1 rings (SSSR count). The maximum Gasteiger partial charge on any atom is 0.329 e. The molecule has 0 unspecified atom stereocenters. The van der Waals surface area contributed by atoms with Crippen molar-refractivity contribution in [3.8, 4) is 0 Å². The topological polar surface area (TPSA) is 78.4 Å². The van der Waals surface area contributed by atoms with Crippen molar-refractivity contribution in [2.24, 2.45) is 0 Å². The highest BCUT2D eigenvalue weighted by atomic mass is 16.4. The minimum atomic E-state index is -1.03. The first kappa shape index (κ1) is 11.8. The van der Waals surface area contributed by atoms with Crippen LogP contribution in [0.2, 0.25) is 0 Å². The minimum absolute atomic E-state index is 0.374. The van der Waals surface area contributed by atoms with Crippen molar-refractivity contribution in [2.45, 2.75) is 44.6 Å². The van der Waals surface area contributed by atoms with Crippen LogP contribution in [0.25, 0.3) is 0 Å². The lowest BCUT2D eigenvalue weighted by molar-refractivity contribution is -0.144. The second-order valence-electron chi connectivity index (χ2n) is 3.98. The first-order chi connectivity index (χ1) is 7.10. The molecule has 0 aromatic carbocycles. The number of rotatable bonds is 4. The lowest BCUT2D eigenvalue weighted by Gasteiger charge is -2.25. The van der Waals surface area contributed by atoms with Gasteiger partial charge in [0.15, 0.2) is 0 Å². The molecule has 2 amide bonds. The van der Waals surface area contributed by atoms with Crippen molar-refractivity contribution in [1.82, 2.24) is 10.6 Å². The summed E-state index contributed by atoms with van der Waals surface area (Å²) < 4.78 is 0. The van der Waals surface area contributed by atoms with Gasteiger partial charge in [0.1, 0.15) is 5.54 Å². The molecule has 3 N–H and O–H groups in total. The molecule has 15 heavy (non-hydrogen) atoms. The number of carboxylic acids is 1. The van der Waals surface area contributed by atoms with Crippen LogP contribution in [-0.4, -0.2) is 29.2 Å². The van der Waals surface area contributed by atoms with Crippen molar-refractivity contribution < 1.29 is 14.7 Å². The highest BCUT2D eigenvalue weighted by molar-refractivity contribution is 5.86. The van der Waals surface area contributed by atoms with Crippen LogP contribution >= 0.6 is 0 Å². The van der Waals surface area contributed by atoms with Gasteiger partial charge in [-0.25, -0.2) is 9.59 Å². The molecule has 86 valence electrons. The van der Waals surface area contributed by atoms with Gasteiger partial charge < -0.3 is 15.7 Å². The van der Waals surface area contributed by atoms with Gasteiger partial charge in [0.05, 0.1) is 0 Å². The zero-order valence-electron chi connectivity index (χ0n) is 9.01. The third-order valence-corrected chi connectivity index (χ3v) is 2.75. The third-order valence-electron chi connectivity index (χ3n) is 2.75. The zero-order valence-corrected chi connectivity index (χ0v) is 9.01. The Labute approximate surface area is 89.2 Å². The van der Waals surface area contributed by atoms with Crippen LogP contribution in [-0.2, 0) is 4.79 Å². The predicted octanol–water partition coefficient (Wildman–Crippen LogP) is 1.09. The van der Waals surface area contributed by atoms with Gasteiger partial charge in [-0.3, -0.25) is 0 Å². The van der Waals surface area contributed by atoms with E-state index >= 15 is 0 Å². The average Bonchev–Trinajstić information content (AvgIpc) is 2.64. The number of aliphatic carboxylic acids is 1. The van der Waals surface area contributed by atoms with E-state index in [2.05, 4.69) is 10.6 Å². The summed E-state index contributed by atoms with van der Waals surface area (Å²) in [5.74, 6) is -0.924. The molecule has 0 bridgehead atoms. The van der Waals surface area contributed by atoms with Crippen molar-refractivity contribution in [2.75, 3.05) is 6.54 Å². The Bertz CT molecular complexity index is 247. The molecule has 0 spiro atoms. The third kappa shape index (κ3) is 2.84. The number of carboxylic acid groups (broad SMARTS) is 1. The van der Waals surface area contributed by atoms with Crippen molar-refractivity contribution in [1.29, 1.82) is 0 Å². The van der Waals surface area contributed by atoms with Crippen LogP contribution in [0.5, 0.6) is 0 Å². The van der Waals surface area contributed by atoms with Gasteiger partial charge in [-0.15, -0.1) is 0 Å². The number of carbonyl (C=O) groups excluding carboxylic acids is 1. The predicted molar refractivity (Wildman–Crippen MR) is 55.7 cm³/mol. The first-order valence-corrected chi connectivity index (χ1v) is 5.40. The second kappa shape index (κ2) is 5.00. The first-order valence-electron chi connectivity index (χ1n) is 5.40. The molecule has 0 atom stereocenters. The zero-order chi connectivity index (χ0) is 11.3. The molecular formula is C10H18N2O3. The van der Waals surface area contributed by atoms with E-state index in [-0.39, 0.29) is 6.03 Å². The Kier molecular flexibility index (Phi) is 3.94. The molecule has 0 aliphatic heterocycles. The number of urea groups is 1. The molecule has 1 aliphatic carbocycles. The van der Waals surface area contributed by atoms with Crippen molar-refractivity contribution in [3.05, 3.63) is 0 Å². The lowest BCUT2D eigenvalue weighted by atomic mass is 9.98. The van der Waals surface area contributed by atoms with E-state index in [9.17, 15) is 9.59 Å². The average molecular weight is 214 g/mol. The molecule has 1 saturated carbocycles. The summed E-state index contributed by atoms with van der Waals surface area (Å²) in [7, 11) is 0. The molecular weight excluding hydrogens is 196 g/mol. The standard InChI is InChI=1S/C10H18N2O3/c1-2-7-11-9(15)12-10(8(13)14)5-3-4-6-10/h2-7H2,1H3,(H,13,14)(H2,11,12,15).